The lowest BCUT2D eigenvalue weighted by Crippen LogP contribution is -2.20. The number of hydrogen-bond acceptors (Lipinski definition) is 3. The number of anilines is 1. The molecule has 0 atom stereocenters. The van der Waals surface area contributed by atoms with E-state index < -0.39 is 0 Å². The number of rotatable bonds is 7. The maximum absolute atomic E-state index is 11.8. The first-order valence-corrected chi connectivity index (χ1v) is 8.69. The standard InChI is InChI=1S/C21H22N2O3/c1-15-6-4-8-17(12-15)23-20(24)14-26-21(25)11-5-7-16-13-22-19-10-3-2-9-18(16)19/h2-4,6,8-10,12-13,22H,5,7,11,14H2,1H3,(H,23,24). The van der Waals surface area contributed by atoms with E-state index in [9.17, 15) is 9.59 Å². The van der Waals surface area contributed by atoms with Gasteiger partial charge in [0.1, 0.15) is 0 Å². The lowest BCUT2D eigenvalue weighted by atomic mass is 10.1. The number of aryl methyl sites for hydroxylation is 2. The van der Waals surface area contributed by atoms with Gasteiger partial charge in [-0.05, 0) is 49.1 Å². The molecule has 0 saturated carbocycles. The first kappa shape index (κ1) is 17.7. The first-order chi connectivity index (χ1) is 12.6. The van der Waals surface area contributed by atoms with Crippen molar-refractivity contribution >= 4 is 28.5 Å². The lowest BCUT2D eigenvalue weighted by molar-refractivity contribution is -0.147. The first-order valence-electron chi connectivity index (χ1n) is 8.69. The number of aromatic amines is 1. The van der Waals surface area contributed by atoms with Gasteiger partial charge in [-0.1, -0.05) is 30.3 Å². The van der Waals surface area contributed by atoms with E-state index in [1.807, 2.05) is 49.5 Å². The molecular weight excluding hydrogens is 328 g/mol. The monoisotopic (exact) mass is 350 g/mol. The summed E-state index contributed by atoms with van der Waals surface area (Å²) in [5.74, 6) is -0.690. The highest BCUT2D eigenvalue weighted by molar-refractivity contribution is 5.92. The van der Waals surface area contributed by atoms with Crippen LogP contribution in [0.1, 0.15) is 24.0 Å². The molecule has 1 aromatic heterocycles. The van der Waals surface area contributed by atoms with Crippen molar-refractivity contribution in [2.75, 3.05) is 11.9 Å². The smallest absolute Gasteiger partial charge is 0.306 e. The maximum Gasteiger partial charge on any atom is 0.306 e. The number of amides is 1. The summed E-state index contributed by atoms with van der Waals surface area (Å²) >= 11 is 0. The van der Waals surface area contributed by atoms with Crippen LogP contribution in [0.2, 0.25) is 0 Å². The molecule has 2 N–H and O–H groups in total. The fraction of sp³-hybridized carbons (Fsp3) is 0.238. The number of aromatic nitrogens is 1. The molecule has 0 radical (unpaired) electrons. The quantitative estimate of drug-likeness (QED) is 0.633. The average Bonchev–Trinajstić information content (AvgIpc) is 3.03. The Labute approximate surface area is 152 Å². The molecule has 0 unspecified atom stereocenters. The largest absolute Gasteiger partial charge is 0.456 e. The van der Waals surface area contributed by atoms with Crippen molar-refractivity contribution in [3.8, 4) is 0 Å². The minimum Gasteiger partial charge on any atom is -0.456 e. The summed E-state index contributed by atoms with van der Waals surface area (Å²) < 4.78 is 5.05. The zero-order chi connectivity index (χ0) is 18.4. The minimum absolute atomic E-state index is 0.264. The fourth-order valence-corrected chi connectivity index (χ4v) is 2.90. The second kappa shape index (κ2) is 8.34. The highest BCUT2D eigenvalue weighted by atomic mass is 16.5. The van der Waals surface area contributed by atoms with E-state index in [1.54, 1.807) is 6.07 Å². The zero-order valence-electron chi connectivity index (χ0n) is 14.7. The predicted molar refractivity (Wildman–Crippen MR) is 102 cm³/mol. The van der Waals surface area contributed by atoms with Crippen molar-refractivity contribution in [1.82, 2.24) is 4.98 Å². The van der Waals surface area contributed by atoms with Crippen molar-refractivity contribution in [1.29, 1.82) is 0 Å². The molecule has 0 fully saturated rings. The third-order valence-electron chi connectivity index (χ3n) is 4.17. The van der Waals surface area contributed by atoms with Crippen molar-refractivity contribution in [2.24, 2.45) is 0 Å². The minimum atomic E-state index is -0.357. The van der Waals surface area contributed by atoms with Gasteiger partial charge in [0.2, 0.25) is 0 Å². The number of carbonyl (C=O) groups is 2. The van der Waals surface area contributed by atoms with E-state index in [-0.39, 0.29) is 24.9 Å². The van der Waals surface area contributed by atoms with E-state index in [0.29, 0.717) is 12.1 Å². The summed E-state index contributed by atoms with van der Waals surface area (Å²) in [7, 11) is 0. The van der Waals surface area contributed by atoms with Crippen LogP contribution in [0.3, 0.4) is 0 Å². The van der Waals surface area contributed by atoms with Crippen LogP contribution < -0.4 is 5.32 Å². The lowest BCUT2D eigenvalue weighted by Gasteiger charge is -2.07. The summed E-state index contributed by atoms with van der Waals surface area (Å²) in [5.41, 5.74) is 4.03. The number of benzene rings is 2. The van der Waals surface area contributed by atoms with Gasteiger partial charge in [-0.25, -0.2) is 0 Å². The van der Waals surface area contributed by atoms with Gasteiger partial charge in [-0.15, -0.1) is 0 Å². The van der Waals surface area contributed by atoms with Gasteiger partial charge in [-0.3, -0.25) is 9.59 Å². The molecule has 0 bridgehead atoms. The van der Waals surface area contributed by atoms with Gasteiger partial charge in [0.05, 0.1) is 0 Å². The van der Waals surface area contributed by atoms with Gasteiger partial charge in [0.15, 0.2) is 6.61 Å². The van der Waals surface area contributed by atoms with Gasteiger partial charge in [0, 0.05) is 29.2 Å². The number of hydrogen-bond donors (Lipinski definition) is 2. The number of ether oxygens (including phenoxy) is 1. The van der Waals surface area contributed by atoms with Gasteiger partial charge in [-0.2, -0.15) is 0 Å². The van der Waals surface area contributed by atoms with Crippen LogP contribution in [0.5, 0.6) is 0 Å². The fourth-order valence-electron chi connectivity index (χ4n) is 2.90. The molecule has 5 heteroatoms. The molecule has 3 rings (SSSR count). The predicted octanol–water partition coefficient (Wildman–Crippen LogP) is 3.98. The third kappa shape index (κ3) is 4.72. The van der Waals surface area contributed by atoms with E-state index in [4.69, 9.17) is 4.74 Å². The van der Waals surface area contributed by atoms with E-state index in [2.05, 4.69) is 16.4 Å². The van der Waals surface area contributed by atoms with Crippen LogP contribution in [-0.2, 0) is 20.7 Å². The van der Waals surface area contributed by atoms with Crippen molar-refractivity contribution in [2.45, 2.75) is 26.2 Å². The number of nitrogens with one attached hydrogen (secondary N) is 2. The zero-order valence-corrected chi connectivity index (χ0v) is 14.7. The summed E-state index contributed by atoms with van der Waals surface area (Å²) in [5, 5.41) is 3.90. The Morgan fingerprint density at radius 2 is 1.96 bits per heavy atom. The Balaban J connectivity index is 1.39. The highest BCUT2D eigenvalue weighted by Gasteiger charge is 2.09. The van der Waals surface area contributed by atoms with Gasteiger partial charge >= 0.3 is 5.97 Å². The van der Waals surface area contributed by atoms with Crippen LogP contribution in [0, 0.1) is 6.92 Å². The Kier molecular flexibility index (Phi) is 5.69. The molecular formula is C21H22N2O3. The Morgan fingerprint density at radius 3 is 2.81 bits per heavy atom. The van der Waals surface area contributed by atoms with Crippen molar-refractivity contribution < 1.29 is 14.3 Å². The number of para-hydroxylation sites is 1. The Bertz CT molecular complexity index is 914. The molecule has 26 heavy (non-hydrogen) atoms. The molecule has 134 valence electrons. The maximum atomic E-state index is 11.8. The van der Waals surface area contributed by atoms with Crippen LogP contribution in [0.25, 0.3) is 10.9 Å². The van der Waals surface area contributed by atoms with Crippen molar-refractivity contribution in [3.63, 3.8) is 0 Å². The molecule has 0 aliphatic carbocycles. The molecule has 5 nitrogen and oxygen atoms in total. The average molecular weight is 350 g/mol. The number of carbonyl (C=O) groups excluding carboxylic acids is 2. The number of fused-ring (bicyclic) bond motifs is 1. The molecule has 0 aliphatic heterocycles. The molecule has 0 spiro atoms. The third-order valence-corrected chi connectivity index (χ3v) is 4.17. The number of esters is 1. The van der Waals surface area contributed by atoms with Crippen molar-refractivity contribution in [3.05, 3.63) is 65.9 Å². The van der Waals surface area contributed by atoms with Crippen LogP contribution in [0.4, 0.5) is 5.69 Å². The second-order valence-corrected chi connectivity index (χ2v) is 6.29. The molecule has 1 amide bonds. The SMILES string of the molecule is Cc1cccc(NC(=O)COC(=O)CCCc2c[nH]c3ccccc23)c1. The Morgan fingerprint density at radius 1 is 1.12 bits per heavy atom. The van der Waals surface area contributed by atoms with E-state index in [0.717, 1.165) is 17.5 Å². The molecule has 0 saturated heterocycles. The van der Waals surface area contributed by atoms with Gasteiger partial charge in [0.25, 0.3) is 5.91 Å². The molecule has 3 aromatic rings. The summed E-state index contributed by atoms with van der Waals surface area (Å²) in [6.45, 7) is 1.68. The Hall–Kier alpha value is -3.08. The topological polar surface area (TPSA) is 71.2 Å². The second-order valence-electron chi connectivity index (χ2n) is 6.29. The molecule has 2 aromatic carbocycles. The highest BCUT2D eigenvalue weighted by Crippen LogP contribution is 2.19. The molecule has 0 aliphatic rings. The van der Waals surface area contributed by atoms with E-state index >= 15 is 0 Å². The van der Waals surface area contributed by atoms with Gasteiger partial charge < -0.3 is 15.0 Å². The summed E-state index contributed by atoms with van der Waals surface area (Å²) in [6, 6.07) is 15.6. The van der Waals surface area contributed by atoms with Crippen LogP contribution >= 0.6 is 0 Å². The van der Waals surface area contributed by atoms with Crippen LogP contribution in [0.15, 0.2) is 54.7 Å². The number of H-pyrrole nitrogens is 1. The summed E-state index contributed by atoms with van der Waals surface area (Å²) in [4.78, 5) is 26.9. The summed E-state index contributed by atoms with van der Waals surface area (Å²) in [6.07, 6.45) is 3.73. The van der Waals surface area contributed by atoms with E-state index in [1.165, 1.54) is 10.9 Å². The van der Waals surface area contributed by atoms with Crippen LogP contribution in [-0.4, -0.2) is 23.5 Å². The molecule has 1 heterocycles. The normalized spacial score (nSPS) is 10.7.